The lowest BCUT2D eigenvalue weighted by Crippen LogP contribution is -2.47. The molecule has 0 aliphatic heterocycles. The molecule has 0 aliphatic rings. The molecule has 0 amide bonds. The third-order valence-corrected chi connectivity index (χ3v) is 8.96. The molecule has 1 heterocycles. The van der Waals surface area contributed by atoms with Crippen molar-refractivity contribution in [2.24, 2.45) is 0 Å². The van der Waals surface area contributed by atoms with Crippen molar-refractivity contribution < 1.29 is 27.2 Å². The van der Waals surface area contributed by atoms with Gasteiger partial charge < -0.3 is 18.0 Å². The van der Waals surface area contributed by atoms with E-state index in [-0.39, 0.29) is 23.3 Å². The van der Waals surface area contributed by atoms with Gasteiger partial charge in [-0.2, -0.15) is 0 Å². The Balaban J connectivity index is 2.64. The van der Waals surface area contributed by atoms with Crippen LogP contribution in [0.2, 0.25) is 11.1 Å². The lowest BCUT2D eigenvalue weighted by atomic mass is 10.3. The van der Waals surface area contributed by atoms with Crippen molar-refractivity contribution in [2.75, 3.05) is 13.3 Å². The third kappa shape index (κ3) is 7.78. The predicted octanol–water partition coefficient (Wildman–Crippen LogP) is 5.13. The van der Waals surface area contributed by atoms with E-state index in [2.05, 4.69) is 32.1 Å². The Kier molecular flexibility index (Phi) is 10.9. The first-order chi connectivity index (χ1) is 13.7. The van der Waals surface area contributed by atoms with Gasteiger partial charge in [0.1, 0.15) is 11.7 Å². The molecule has 0 aromatic carbocycles. The Morgan fingerprint density at radius 2 is 1.93 bits per heavy atom. The van der Waals surface area contributed by atoms with Gasteiger partial charge in [0.2, 0.25) is 0 Å². The van der Waals surface area contributed by atoms with E-state index in [1.54, 1.807) is 13.2 Å². The van der Waals surface area contributed by atoms with Gasteiger partial charge in [-0.25, -0.2) is 9.59 Å². The zero-order valence-corrected chi connectivity index (χ0v) is 19.0. The molecule has 0 saturated heterocycles. The largest absolute Gasteiger partial charge is 0.527 e. The summed E-state index contributed by atoms with van der Waals surface area (Å²) in [7, 11) is -2.58. The van der Waals surface area contributed by atoms with E-state index in [1.165, 1.54) is 18.4 Å². The maximum absolute atomic E-state index is 12.2. The first-order valence-electron chi connectivity index (χ1n) is 10.1. The Morgan fingerprint density at radius 3 is 2.52 bits per heavy atom. The van der Waals surface area contributed by atoms with Crippen LogP contribution in [0.25, 0.3) is 0 Å². The molecule has 0 unspecified atom stereocenters. The summed E-state index contributed by atoms with van der Waals surface area (Å²) in [5.74, 6) is -0.713. The van der Waals surface area contributed by atoms with Gasteiger partial charge in [0.05, 0.1) is 19.2 Å². The monoisotopic (exact) mass is 428 g/mol. The van der Waals surface area contributed by atoms with Crippen LogP contribution in [-0.2, 0) is 13.6 Å². The predicted molar refractivity (Wildman–Crippen MR) is 112 cm³/mol. The van der Waals surface area contributed by atoms with E-state index in [0.29, 0.717) is 25.9 Å². The molecule has 0 spiro atoms. The molecule has 0 radical (unpaired) electrons. The van der Waals surface area contributed by atoms with Crippen LogP contribution in [0.1, 0.15) is 64.2 Å². The average Bonchev–Trinajstić information content (AvgIpc) is 2.66. The molecule has 0 saturated carbocycles. The van der Waals surface area contributed by atoms with E-state index in [0.717, 1.165) is 0 Å². The highest BCUT2D eigenvalue weighted by molar-refractivity contribution is 6.70. The summed E-state index contributed by atoms with van der Waals surface area (Å²) >= 11 is 0. The van der Waals surface area contributed by atoms with Crippen molar-refractivity contribution in [1.29, 1.82) is 0 Å². The number of unbranched alkanes of at least 4 members (excludes halogenated alkanes) is 1. The number of carbonyl (C=O) groups excluding carboxylic acids is 1. The molecule has 0 bridgehead atoms. The summed E-state index contributed by atoms with van der Waals surface area (Å²) in [6.07, 6.45) is 5.80. The van der Waals surface area contributed by atoms with E-state index in [4.69, 9.17) is 13.6 Å². The number of allylic oxidation sites excluding steroid dienone is 1. The number of esters is 1. The van der Waals surface area contributed by atoms with Crippen LogP contribution >= 0.6 is 0 Å². The number of rotatable bonds is 13. The second-order valence-corrected chi connectivity index (χ2v) is 11.8. The van der Waals surface area contributed by atoms with Crippen LogP contribution in [0.4, 0.5) is 4.39 Å². The number of ether oxygens (including phenoxy) is 1. The summed E-state index contributed by atoms with van der Waals surface area (Å²) in [5, 5.41) is 0. The molecule has 8 heteroatoms. The number of hydrogen-bond donors (Lipinski definition) is 0. The first-order valence-corrected chi connectivity index (χ1v) is 12.0. The summed E-state index contributed by atoms with van der Waals surface area (Å²) in [6, 6.07) is 2.84. The molecule has 29 heavy (non-hydrogen) atoms. The Labute approximate surface area is 173 Å². The Morgan fingerprint density at radius 1 is 1.24 bits per heavy atom. The zero-order valence-electron chi connectivity index (χ0n) is 18.0. The minimum Gasteiger partial charge on any atom is -0.527 e. The standard InChI is InChI=1S/C21H33FO6Si/c1-16(2)29(17(3)4,26-14-8-6-7-12-22)27-15-11-18(5)28-21(24)19-10-9-13-25-20(19)23/h8-10,13-14,16-18H,6-7,11-12,15H2,1-5H3/b14-8+/t18-/m0/s1. The first kappa shape index (κ1) is 25.1. The van der Waals surface area contributed by atoms with Crippen molar-refractivity contribution in [3.8, 4) is 0 Å². The molecular formula is C21H33FO6Si. The highest BCUT2D eigenvalue weighted by atomic mass is 28.4. The molecule has 1 aromatic heterocycles. The van der Waals surface area contributed by atoms with Crippen LogP contribution in [0, 0.1) is 0 Å². The van der Waals surface area contributed by atoms with Crippen molar-refractivity contribution in [3.05, 3.63) is 46.7 Å². The fraction of sp³-hybridized carbons (Fsp3) is 0.619. The molecular weight excluding hydrogens is 395 g/mol. The Bertz CT molecular complexity index is 692. The van der Waals surface area contributed by atoms with Crippen LogP contribution in [-0.4, -0.2) is 33.9 Å². The van der Waals surface area contributed by atoms with E-state index in [1.807, 2.05) is 6.08 Å². The van der Waals surface area contributed by atoms with E-state index >= 15 is 0 Å². The maximum Gasteiger partial charge on any atom is 0.403 e. The molecule has 6 nitrogen and oxygen atoms in total. The van der Waals surface area contributed by atoms with E-state index in [9.17, 15) is 14.0 Å². The number of hydrogen-bond acceptors (Lipinski definition) is 6. The smallest absolute Gasteiger partial charge is 0.403 e. The summed E-state index contributed by atoms with van der Waals surface area (Å²) in [4.78, 5) is 23.7. The highest BCUT2D eigenvalue weighted by Gasteiger charge is 2.46. The van der Waals surface area contributed by atoms with Crippen molar-refractivity contribution in [3.63, 3.8) is 0 Å². The van der Waals surface area contributed by atoms with E-state index < -0.39 is 26.3 Å². The molecule has 0 N–H and O–H groups in total. The number of carbonyl (C=O) groups is 1. The molecule has 1 atom stereocenters. The Hall–Kier alpha value is -1.93. The minimum atomic E-state index is -2.58. The quantitative estimate of drug-likeness (QED) is 0.188. The second kappa shape index (κ2) is 12.6. The van der Waals surface area contributed by atoms with Crippen LogP contribution in [0.15, 0.2) is 39.9 Å². The minimum absolute atomic E-state index is 0.130. The average molecular weight is 429 g/mol. The van der Waals surface area contributed by atoms with Gasteiger partial charge in [0, 0.05) is 24.1 Å². The molecule has 0 aliphatic carbocycles. The topological polar surface area (TPSA) is 75.0 Å². The lowest BCUT2D eigenvalue weighted by Gasteiger charge is -2.36. The number of halogens is 1. The van der Waals surface area contributed by atoms with Crippen LogP contribution < -0.4 is 5.63 Å². The zero-order chi connectivity index (χ0) is 21.9. The fourth-order valence-electron chi connectivity index (χ4n) is 2.93. The van der Waals surface area contributed by atoms with Crippen LogP contribution in [0.5, 0.6) is 0 Å². The highest BCUT2D eigenvalue weighted by Crippen LogP contribution is 2.35. The third-order valence-electron chi connectivity index (χ3n) is 4.58. The molecule has 1 aromatic rings. The molecule has 0 fully saturated rings. The van der Waals surface area contributed by atoms with Gasteiger partial charge in [-0.15, -0.1) is 0 Å². The lowest BCUT2D eigenvalue weighted by molar-refractivity contribution is 0.0278. The van der Waals surface area contributed by atoms with Gasteiger partial charge in [0.15, 0.2) is 0 Å². The van der Waals surface area contributed by atoms with Gasteiger partial charge in [-0.1, -0.05) is 33.8 Å². The summed E-state index contributed by atoms with van der Waals surface area (Å²) < 4.78 is 34.6. The second-order valence-electron chi connectivity index (χ2n) is 7.52. The fourth-order valence-corrected chi connectivity index (χ4v) is 6.29. The van der Waals surface area contributed by atoms with Gasteiger partial charge in [-0.3, -0.25) is 4.39 Å². The normalized spacial score (nSPS) is 13.2. The maximum atomic E-state index is 12.2. The van der Waals surface area contributed by atoms with Gasteiger partial charge >= 0.3 is 20.2 Å². The summed E-state index contributed by atoms with van der Waals surface area (Å²) in [6.45, 7) is 10.0. The van der Waals surface area contributed by atoms with Gasteiger partial charge in [0.25, 0.3) is 0 Å². The van der Waals surface area contributed by atoms with Gasteiger partial charge in [-0.05, 0) is 31.9 Å². The number of alkyl halides is 1. The van der Waals surface area contributed by atoms with Crippen LogP contribution in [0.3, 0.4) is 0 Å². The SMILES string of the molecule is CC(C)[Si](O/C=C/CCCF)(OCC[C@H](C)OC(=O)c1cccoc1=O)C(C)C. The van der Waals surface area contributed by atoms with Crippen molar-refractivity contribution in [1.82, 2.24) is 0 Å². The van der Waals surface area contributed by atoms with Crippen molar-refractivity contribution in [2.45, 2.75) is 71.1 Å². The molecule has 1 rings (SSSR count). The summed E-state index contributed by atoms with van der Waals surface area (Å²) in [5.41, 5.74) is -0.463. The van der Waals surface area contributed by atoms with Crippen molar-refractivity contribution >= 4 is 14.5 Å². The molecule has 164 valence electrons.